The van der Waals surface area contributed by atoms with Gasteiger partial charge in [0.15, 0.2) is 0 Å². The molecule has 0 fully saturated rings. The molecule has 0 aliphatic carbocycles. The molecule has 0 saturated carbocycles. The second-order valence-electron chi connectivity index (χ2n) is 4.23. The lowest BCUT2D eigenvalue weighted by Crippen LogP contribution is -2.06. The third-order valence-corrected chi connectivity index (χ3v) is 3.13. The van der Waals surface area contributed by atoms with E-state index in [0.29, 0.717) is 33.2 Å². The molecule has 0 aliphatic rings. The second-order valence-corrected chi connectivity index (χ2v) is 4.64. The Bertz CT molecular complexity index is 738. The molecular weight excluding hydrogens is 290 g/mol. The summed E-state index contributed by atoms with van der Waals surface area (Å²) in [5.41, 5.74) is 7.98. The average Bonchev–Trinajstić information content (AvgIpc) is 2.49. The largest absolute Gasteiger partial charge is 0.465 e. The van der Waals surface area contributed by atoms with Gasteiger partial charge in [-0.1, -0.05) is 11.6 Å². The SMILES string of the molecule is COC(=O)c1cc(N)ccc1Nc1ccc(C#N)cc1Cl. The molecule has 106 valence electrons. The van der Waals surface area contributed by atoms with Gasteiger partial charge >= 0.3 is 5.97 Å². The number of nitriles is 1. The van der Waals surface area contributed by atoms with Crippen molar-refractivity contribution in [2.75, 3.05) is 18.2 Å². The van der Waals surface area contributed by atoms with Crippen molar-refractivity contribution >= 4 is 34.6 Å². The fourth-order valence-electron chi connectivity index (χ4n) is 1.78. The maximum atomic E-state index is 11.8. The van der Waals surface area contributed by atoms with Gasteiger partial charge in [-0.05, 0) is 36.4 Å². The Kier molecular flexibility index (Phi) is 4.31. The van der Waals surface area contributed by atoms with Crippen molar-refractivity contribution in [1.29, 1.82) is 5.26 Å². The molecule has 0 unspecified atom stereocenters. The Morgan fingerprint density at radius 1 is 1.29 bits per heavy atom. The Labute approximate surface area is 126 Å². The number of nitrogens with two attached hydrogens (primary N) is 1. The highest BCUT2D eigenvalue weighted by Gasteiger charge is 2.13. The first-order chi connectivity index (χ1) is 10.0. The van der Waals surface area contributed by atoms with Gasteiger partial charge in [0, 0.05) is 5.69 Å². The number of nitrogens with zero attached hydrogens (tertiary/aromatic N) is 1. The summed E-state index contributed by atoms with van der Waals surface area (Å²) < 4.78 is 4.73. The predicted octanol–water partition coefficient (Wildman–Crippen LogP) is 3.32. The van der Waals surface area contributed by atoms with E-state index >= 15 is 0 Å². The zero-order valence-electron chi connectivity index (χ0n) is 11.2. The van der Waals surface area contributed by atoms with Gasteiger partial charge in [0.25, 0.3) is 0 Å². The second kappa shape index (κ2) is 6.16. The number of benzene rings is 2. The monoisotopic (exact) mass is 301 g/mol. The van der Waals surface area contributed by atoms with Crippen LogP contribution in [-0.2, 0) is 4.74 Å². The van der Waals surface area contributed by atoms with Crippen LogP contribution in [0.2, 0.25) is 5.02 Å². The number of esters is 1. The first-order valence-electron chi connectivity index (χ1n) is 5.99. The van der Waals surface area contributed by atoms with Crippen molar-refractivity contribution < 1.29 is 9.53 Å². The van der Waals surface area contributed by atoms with Gasteiger partial charge in [-0.3, -0.25) is 0 Å². The van der Waals surface area contributed by atoms with E-state index in [0.717, 1.165) is 0 Å². The molecule has 3 N–H and O–H groups in total. The van der Waals surface area contributed by atoms with Crippen molar-refractivity contribution in [2.45, 2.75) is 0 Å². The van der Waals surface area contributed by atoms with Gasteiger partial charge < -0.3 is 15.8 Å². The first kappa shape index (κ1) is 14.7. The summed E-state index contributed by atoms with van der Waals surface area (Å²) in [5, 5.41) is 12.2. The lowest BCUT2D eigenvalue weighted by atomic mass is 10.1. The lowest BCUT2D eigenvalue weighted by molar-refractivity contribution is 0.0602. The third-order valence-electron chi connectivity index (χ3n) is 2.82. The standard InChI is InChI=1S/C15H12ClN3O2/c1-21-15(20)11-7-10(18)3-5-13(11)19-14-4-2-9(8-17)6-12(14)16/h2-7,19H,18H2,1H3. The average molecular weight is 302 g/mol. The van der Waals surface area contributed by atoms with Gasteiger partial charge in [0.2, 0.25) is 0 Å². The smallest absolute Gasteiger partial charge is 0.340 e. The van der Waals surface area contributed by atoms with Crippen LogP contribution in [0.15, 0.2) is 36.4 Å². The van der Waals surface area contributed by atoms with E-state index in [1.54, 1.807) is 30.3 Å². The normalized spacial score (nSPS) is 9.76. The highest BCUT2D eigenvalue weighted by Crippen LogP contribution is 2.29. The summed E-state index contributed by atoms with van der Waals surface area (Å²) in [6, 6.07) is 11.7. The lowest BCUT2D eigenvalue weighted by Gasteiger charge is -2.12. The number of methoxy groups -OCH3 is 1. The van der Waals surface area contributed by atoms with Gasteiger partial charge in [-0.25, -0.2) is 4.79 Å². The van der Waals surface area contributed by atoms with E-state index in [9.17, 15) is 4.79 Å². The van der Waals surface area contributed by atoms with Crippen LogP contribution in [0.3, 0.4) is 0 Å². The van der Waals surface area contributed by atoms with E-state index in [1.165, 1.54) is 13.2 Å². The quantitative estimate of drug-likeness (QED) is 0.670. The number of carbonyl (C=O) groups is 1. The Morgan fingerprint density at radius 3 is 2.62 bits per heavy atom. The van der Waals surface area contributed by atoms with Gasteiger partial charge in [-0.15, -0.1) is 0 Å². The summed E-state index contributed by atoms with van der Waals surface area (Å²) in [6.07, 6.45) is 0. The minimum Gasteiger partial charge on any atom is -0.465 e. The third kappa shape index (κ3) is 3.25. The minimum absolute atomic E-state index is 0.304. The molecule has 0 atom stereocenters. The number of anilines is 3. The summed E-state index contributed by atoms with van der Waals surface area (Å²) in [5.74, 6) is -0.505. The van der Waals surface area contributed by atoms with Gasteiger partial charge in [0.1, 0.15) is 0 Å². The fraction of sp³-hybridized carbons (Fsp3) is 0.0667. The Hall–Kier alpha value is -2.71. The van der Waals surface area contributed by atoms with Crippen molar-refractivity contribution in [3.63, 3.8) is 0 Å². The molecule has 0 bridgehead atoms. The number of hydrogen-bond donors (Lipinski definition) is 2. The molecule has 0 aromatic heterocycles. The molecule has 6 heteroatoms. The fourth-order valence-corrected chi connectivity index (χ4v) is 2.01. The van der Waals surface area contributed by atoms with Crippen LogP contribution >= 0.6 is 11.6 Å². The maximum Gasteiger partial charge on any atom is 0.340 e. The number of nitrogens with one attached hydrogen (secondary N) is 1. The van der Waals surface area contributed by atoms with Crippen LogP contribution in [0.25, 0.3) is 0 Å². The zero-order chi connectivity index (χ0) is 15.4. The molecule has 5 nitrogen and oxygen atoms in total. The van der Waals surface area contributed by atoms with Crippen molar-refractivity contribution in [1.82, 2.24) is 0 Å². The predicted molar refractivity (Wildman–Crippen MR) is 81.6 cm³/mol. The summed E-state index contributed by atoms with van der Waals surface area (Å²) >= 11 is 6.10. The first-order valence-corrected chi connectivity index (χ1v) is 6.37. The number of carbonyl (C=O) groups excluding carboxylic acids is 1. The molecule has 0 spiro atoms. The molecular formula is C15H12ClN3O2. The summed E-state index contributed by atoms with van der Waals surface area (Å²) in [6.45, 7) is 0. The van der Waals surface area contributed by atoms with Crippen LogP contribution in [0.5, 0.6) is 0 Å². The molecule has 0 saturated heterocycles. The number of rotatable bonds is 3. The topological polar surface area (TPSA) is 88.1 Å². The molecule has 0 aliphatic heterocycles. The Balaban J connectivity index is 2.40. The minimum atomic E-state index is -0.505. The van der Waals surface area contributed by atoms with Crippen molar-refractivity contribution in [3.8, 4) is 6.07 Å². The van der Waals surface area contributed by atoms with E-state index in [4.69, 9.17) is 27.3 Å². The van der Waals surface area contributed by atoms with Crippen molar-refractivity contribution in [3.05, 3.63) is 52.5 Å². The number of nitrogen functional groups attached to an aromatic ring is 1. The van der Waals surface area contributed by atoms with Gasteiger partial charge in [-0.2, -0.15) is 5.26 Å². The summed E-state index contributed by atoms with van der Waals surface area (Å²) in [4.78, 5) is 11.8. The Morgan fingerprint density at radius 2 is 2.00 bits per heavy atom. The van der Waals surface area contributed by atoms with Crippen LogP contribution in [0, 0.1) is 11.3 Å². The van der Waals surface area contributed by atoms with E-state index in [-0.39, 0.29) is 0 Å². The molecule has 2 rings (SSSR count). The van der Waals surface area contributed by atoms with Crippen LogP contribution in [0.4, 0.5) is 17.1 Å². The molecule has 0 heterocycles. The van der Waals surface area contributed by atoms with E-state index in [2.05, 4.69) is 5.32 Å². The zero-order valence-corrected chi connectivity index (χ0v) is 11.9. The van der Waals surface area contributed by atoms with E-state index < -0.39 is 5.97 Å². The molecule has 0 radical (unpaired) electrons. The van der Waals surface area contributed by atoms with Crippen LogP contribution in [0.1, 0.15) is 15.9 Å². The van der Waals surface area contributed by atoms with Crippen LogP contribution in [-0.4, -0.2) is 13.1 Å². The number of ether oxygens (including phenoxy) is 1. The molecule has 2 aromatic rings. The number of halogens is 1. The number of hydrogen-bond acceptors (Lipinski definition) is 5. The highest BCUT2D eigenvalue weighted by molar-refractivity contribution is 6.33. The highest BCUT2D eigenvalue weighted by atomic mass is 35.5. The molecule has 2 aromatic carbocycles. The summed E-state index contributed by atoms with van der Waals surface area (Å²) in [7, 11) is 1.30. The molecule has 21 heavy (non-hydrogen) atoms. The molecule has 0 amide bonds. The van der Waals surface area contributed by atoms with Crippen LogP contribution < -0.4 is 11.1 Å². The van der Waals surface area contributed by atoms with Gasteiger partial charge in [0.05, 0.1) is 40.7 Å². The van der Waals surface area contributed by atoms with Crippen molar-refractivity contribution in [2.24, 2.45) is 0 Å². The van der Waals surface area contributed by atoms with E-state index in [1.807, 2.05) is 6.07 Å². The maximum absolute atomic E-state index is 11.8.